The topological polar surface area (TPSA) is 45.2 Å². The van der Waals surface area contributed by atoms with Crippen molar-refractivity contribution >= 4 is 41.6 Å². The number of nitrogens with one attached hydrogen (secondary N) is 1. The van der Waals surface area contributed by atoms with Crippen molar-refractivity contribution in [3.63, 3.8) is 0 Å². The zero-order chi connectivity index (χ0) is 15.1. The third-order valence-electron chi connectivity index (χ3n) is 4.86. The molecular weight excluding hydrogens is 345 g/mol. The maximum absolute atomic E-state index is 13.0. The van der Waals surface area contributed by atoms with Gasteiger partial charge in [-0.2, -0.15) is 0 Å². The number of hydrogen-bond donors (Lipinski definition) is 1. The summed E-state index contributed by atoms with van der Waals surface area (Å²) in [5.74, 6) is 0.670. The molecule has 1 aromatic heterocycles. The van der Waals surface area contributed by atoms with Crippen LogP contribution in [0.4, 0.5) is 0 Å². The van der Waals surface area contributed by atoms with E-state index in [-0.39, 0.29) is 30.7 Å². The molecule has 6 heteroatoms. The van der Waals surface area contributed by atoms with Crippen LogP contribution in [0.25, 0.3) is 10.9 Å². The van der Waals surface area contributed by atoms with Crippen molar-refractivity contribution in [1.82, 2.24) is 15.2 Å². The lowest BCUT2D eigenvalue weighted by molar-refractivity contribution is 0.0745. The second-order valence-electron chi connectivity index (χ2n) is 6.45. The largest absolute Gasteiger partial charge is 0.337 e. The molecule has 1 atom stereocenters. The van der Waals surface area contributed by atoms with E-state index in [1.165, 1.54) is 12.8 Å². The number of halogens is 2. The van der Waals surface area contributed by atoms with Crippen LogP contribution < -0.4 is 5.32 Å². The van der Waals surface area contributed by atoms with E-state index in [1.807, 2.05) is 42.3 Å². The molecule has 130 valence electrons. The minimum absolute atomic E-state index is 0. The van der Waals surface area contributed by atoms with Gasteiger partial charge in [0, 0.05) is 36.6 Å². The minimum atomic E-state index is 0. The third-order valence-corrected chi connectivity index (χ3v) is 4.86. The van der Waals surface area contributed by atoms with Crippen LogP contribution in [0.15, 0.2) is 30.3 Å². The van der Waals surface area contributed by atoms with Crippen LogP contribution in [-0.4, -0.2) is 42.0 Å². The van der Waals surface area contributed by atoms with Crippen LogP contribution in [0.5, 0.6) is 0 Å². The summed E-state index contributed by atoms with van der Waals surface area (Å²) >= 11 is 0. The standard InChI is InChI=1S/C18H21N3O.2ClH/c1-21(13-8-9-19-11-13)18(22)15-10-17(12-6-7-12)20-16-5-3-2-4-14(15)16;;/h2-5,10,12-13,19H,6-9,11H2,1H3;2*1H. The van der Waals surface area contributed by atoms with Crippen molar-refractivity contribution < 1.29 is 4.79 Å². The zero-order valence-corrected chi connectivity index (χ0v) is 15.3. The average Bonchev–Trinajstić information content (AvgIpc) is 3.27. The van der Waals surface area contributed by atoms with Crippen molar-refractivity contribution in [3.05, 3.63) is 41.6 Å². The van der Waals surface area contributed by atoms with E-state index in [2.05, 4.69) is 5.32 Å². The molecule has 1 saturated heterocycles. The summed E-state index contributed by atoms with van der Waals surface area (Å²) in [5, 5.41) is 4.30. The summed E-state index contributed by atoms with van der Waals surface area (Å²) in [6.07, 6.45) is 3.42. The van der Waals surface area contributed by atoms with Gasteiger partial charge in [-0.25, -0.2) is 0 Å². The Bertz CT molecular complexity index is 727. The molecule has 1 aliphatic heterocycles. The molecule has 2 aliphatic rings. The van der Waals surface area contributed by atoms with Crippen LogP contribution >= 0.6 is 24.8 Å². The lowest BCUT2D eigenvalue weighted by atomic mass is 10.0. The van der Waals surface area contributed by atoms with Gasteiger partial charge in [-0.1, -0.05) is 18.2 Å². The first kappa shape index (κ1) is 19.0. The number of amides is 1. The maximum Gasteiger partial charge on any atom is 0.254 e. The Kier molecular flexibility index (Phi) is 6.07. The number of nitrogens with zero attached hydrogens (tertiary/aromatic N) is 2. The van der Waals surface area contributed by atoms with Gasteiger partial charge in [0.05, 0.1) is 11.1 Å². The number of hydrogen-bond acceptors (Lipinski definition) is 3. The van der Waals surface area contributed by atoms with Gasteiger partial charge >= 0.3 is 0 Å². The van der Waals surface area contributed by atoms with Crippen LogP contribution in [0, 0.1) is 0 Å². The van der Waals surface area contributed by atoms with Crippen LogP contribution in [0.3, 0.4) is 0 Å². The lowest BCUT2D eigenvalue weighted by Gasteiger charge is -2.24. The molecular formula is C18H23Cl2N3O. The molecule has 24 heavy (non-hydrogen) atoms. The van der Waals surface area contributed by atoms with Gasteiger partial charge in [0.25, 0.3) is 5.91 Å². The van der Waals surface area contributed by atoms with Gasteiger partial charge < -0.3 is 10.2 Å². The zero-order valence-electron chi connectivity index (χ0n) is 13.7. The summed E-state index contributed by atoms with van der Waals surface area (Å²) < 4.78 is 0. The summed E-state index contributed by atoms with van der Waals surface area (Å²) in [7, 11) is 1.92. The highest BCUT2D eigenvalue weighted by atomic mass is 35.5. The smallest absolute Gasteiger partial charge is 0.254 e. The summed E-state index contributed by atoms with van der Waals surface area (Å²) in [6.45, 7) is 1.88. The first-order valence-corrected chi connectivity index (χ1v) is 8.11. The number of para-hydroxylation sites is 1. The third kappa shape index (κ3) is 3.51. The molecule has 1 saturated carbocycles. The second-order valence-corrected chi connectivity index (χ2v) is 6.45. The minimum Gasteiger partial charge on any atom is -0.337 e. The Morgan fingerprint density at radius 3 is 2.62 bits per heavy atom. The quantitative estimate of drug-likeness (QED) is 0.903. The molecule has 0 spiro atoms. The normalized spacial score (nSPS) is 19.5. The molecule has 2 heterocycles. The van der Waals surface area contributed by atoms with Crippen LogP contribution in [-0.2, 0) is 0 Å². The Morgan fingerprint density at radius 2 is 1.96 bits per heavy atom. The number of carbonyl (C=O) groups excluding carboxylic acids is 1. The monoisotopic (exact) mass is 367 g/mol. The fourth-order valence-electron chi connectivity index (χ4n) is 3.29. The van der Waals surface area contributed by atoms with Gasteiger partial charge in [0.15, 0.2) is 0 Å². The first-order valence-electron chi connectivity index (χ1n) is 8.11. The Labute approximate surface area is 154 Å². The van der Waals surface area contributed by atoms with Gasteiger partial charge in [-0.05, 0) is 37.9 Å². The Morgan fingerprint density at radius 1 is 1.21 bits per heavy atom. The predicted molar refractivity (Wildman–Crippen MR) is 102 cm³/mol. The fourth-order valence-corrected chi connectivity index (χ4v) is 3.29. The van der Waals surface area contributed by atoms with E-state index in [4.69, 9.17) is 4.98 Å². The number of benzene rings is 1. The highest BCUT2D eigenvalue weighted by molar-refractivity contribution is 6.06. The highest BCUT2D eigenvalue weighted by Gasteiger charge is 2.29. The highest BCUT2D eigenvalue weighted by Crippen LogP contribution is 2.40. The van der Waals surface area contributed by atoms with Gasteiger partial charge in [0.1, 0.15) is 0 Å². The van der Waals surface area contributed by atoms with Crippen molar-refractivity contribution in [2.45, 2.75) is 31.2 Å². The van der Waals surface area contributed by atoms with E-state index in [9.17, 15) is 4.79 Å². The molecule has 1 unspecified atom stereocenters. The molecule has 1 N–H and O–H groups in total. The van der Waals surface area contributed by atoms with Crippen molar-refractivity contribution in [1.29, 1.82) is 0 Å². The Balaban J connectivity index is 0.00000104. The van der Waals surface area contributed by atoms with Crippen LogP contribution in [0.2, 0.25) is 0 Å². The van der Waals surface area contributed by atoms with E-state index in [0.29, 0.717) is 12.0 Å². The Hall–Kier alpha value is -1.36. The molecule has 1 aliphatic carbocycles. The first-order chi connectivity index (χ1) is 10.7. The molecule has 0 bridgehead atoms. The van der Waals surface area contributed by atoms with Gasteiger partial charge in [0.2, 0.25) is 0 Å². The lowest BCUT2D eigenvalue weighted by Crippen LogP contribution is -2.38. The van der Waals surface area contributed by atoms with E-state index in [0.717, 1.165) is 41.7 Å². The van der Waals surface area contributed by atoms with E-state index >= 15 is 0 Å². The average molecular weight is 368 g/mol. The summed E-state index contributed by atoms with van der Waals surface area (Å²) in [4.78, 5) is 19.7. The number of rotatable bonds is 3. The second kappa shape index (κ2) is 7.68. The molecule has 4 rings (SSSR count). The number of aromatic nitrogens is 1. The van der Waals surface area contributed by atoms with Crippen LogP contribution in [0.1, 0.15) is 41.2 Å². The molecule has 4 nitrogen and oxygen atoms in total. The maximum atomic E-state index is 13.0. The van der Waals surface area contributed by atoms with Gasteiger partial charge in [-0.15, -0.1) is 24.8 Å². The van der Waals surface area contributed by atoms with E-state index in [1.54, 1.807) is 0 Å². The van der Waals surface area contributed by atoms with Crippen molar-refractivity contribution in [2.75, 3.05) is 20.1 Å². The molecule has 1 amide bonds. The fraction of sp³-hybridized carbons (Fsp3) is 0.444. The summed E-state index contributed by atoms with van der Waals surface area (Å²) in [5.41, 5.74) is 2.83. The molecule has 0 radical (unpaired) electrons. The van der Waals surface area contributed by atoms with Crippen molar-refractivity contribution in [3.8, 4) is 0 Å². The molecule has 2 aromatic rings. The molecule has 1 aromatic carbocycles. The SMILES string of the molecule is CN(C(=O)c1cc(C2CC2)nc2ccccc12)C1CCNC1.Cl.Cl. The number of carbonyl (C=O) groups is 1. The number of pyridine rings is 1. The number of likely N-dealkylation sites (N-methyl/N-ethyl adjacent to an activating group) is 1. The van der Waals surface area contributed by atoms with Crippen molar-refractivity contribution in [2.24, 2.45) is 0 Å². The van der Waals surface area contributed by atoms with Gasteiger partial charge in [-0.3, -0.25) is 9.78 Å². The summed E-state index contributed by atoms with van der Waals surface area (Å²) in [6, 6.07) is 10.3. The van der Waals surface area contributed by atoms with E-state index < -0.39 is 0 Å². The predicted octanol–water partition coefficient (Wildman–Crippen LogP) is 3.39. The number of fused-ring (bicyclic) bond motifs is 1. The molecule has 2 fully saturated rings.